The smallest absolute Gasteiger partial charge is 0.313 e. The van der Waals surface area contributed by atoms with Gasteiger partial charge in [0.1, 0.15) is 50.6 Å². The molecule has 21 heteroatoms. The van der Waals surface area contributed by atoms with Crippen molar-refractivity contribution in [1.82, 2.24) is 29.7 Å². The molecule has 5 heterocycles. The SMILES string of the molecule is C=CCCCCN(C)C(=O)[C@@H]1C[C@@H](O)C[C@H]1C(=O)C[C@]1(C(=O)OCC)C[C@H]1C=C.CCc1c(OC)ccc2c(=O)cc(-c3nc(C(C)C)cs3)[nH]c12.CCc1c(OC)ccc2c(O[C@@H]3C[C@H]4C(=O)C[C@]5(C(=O)O)C[C@H]5C=C=CCCCCN(C)C(=O)[C@@H]4C3)cc(-c3nc(C(C)C)cs3)nc12. The van der Waals surface area contributed by atoms with Gasteiger partial charge in [-0.05, 0) is 151 Å². The summed E-state index contributed by atoms with van der Waals surface area (Å²) >= 11 is 3.10. The van der Waals surface area contributed by atoms with E-state index in [1.165, 1.54) is 0 Å². The number of unbranched alkanes of at least 4 members (excludes halogenated alkanes) is 2. The first kappa shape index (κ1) is 76.1. The van der Waals surface area contributed by atoms with Crippen LogP contribution in [0.4, 0.5) is 0 Å². The summed E-state index contributed by atoms with van der Waals surface area (Å²) in [6.45, 7) is 23.2. The number of ketones is 2. The summed E-state index contributed by atoms with van der Waals surface area (Å²) in [6.07, 6.45) is 15.2. The van der Waals surface area contributed by atoms with Gasteiger partial charge in [-0.25, -0.2) is 15.0 Å². The van der Waals surface area contributed by atoms with Gasteiger partial charge in [0.05, 0.1) is 77.7 Å². The predicted molar refractivity (Wildman–Crippen MR) is 392 cm³/mol. The average Bonchev–Trinajstić information content (AvgIpc) is 1.55. The maximum absolute atomic E-state index is 14.0. The number of carboxylic acids is 1. The molecule has 4 saturated carbocycles. The number of amides is 2. The molecule has 0 bridgehead atoms. The number of carbonyl (C=O) groups excluding carboxylic acids is 5. The number of nitrogens with zero attached hydrogens (tertiary/aromatic N) is 5. The number of pyridine rings is 2. The lowest BCUT2D eigenvalue weighted by molar-refractivity contribution is -0.152. The fraction of sp³-hybridized carbons (Fsp3) is 0.532. The minimum Gasteiger partial charge on any atom is -0.496 e. The summed E-state index contributed by atoms with van der Waals surface area (Å²) in [5, 5.41) is 27.6. The topological polar surface area (TPSA) is 258 Å². The molecule has 11 rings (SSSR count). The van der Waals surface area contributed by atoms with E-state index in [1.807, 2.05) is 48.6 Å². The first-order valence-electron chi connectivity index (χ1n) is 35.5. The molecule has 2 amide bonds. The third-order valence-corrected chi connectivity index (χ3v) is 22.5. The predicted octanol–water partition coefficient (Wildman–Crippen LogP) is 14.5. The number of allylic oxidation sites excluding steroid dienone is 3. The number of benzene rings is 2. The third-order valence-electron chi connectivity index (χ3n) is 20.8. The maximum atomic E-state index is 14.0. The highest BCUT2D eigenvalue weighted by Crippen LogP contribution is 2.59. The van der Waals surface area contributed by atoms with Crippen LogP contribution >= 0.6 is 22.7 Å². The number of esters is 1. The van der Waals surface area contributed by atoms with Crippen LogP contribution in [-0.4, -0.2) is 135 Å². The van der Waals surface area contributed by atoms with Gasteiger partial charge in [-0.1, -0.05) is 53.7 Å². The number of aromatic amines is 1. The van der Waals surface area contributed by atoms with Crippen LogP contribution < -0.4 is 19.6 Å². The second-order valence-corrected chi connectivity index (χ2v) is 29.8. The lowest BCUT2D eigenvalue weighted by atomic mass is 9.84. The van der Waals surface area contributed by atoms with Crippen molar-refractivity contribution >= 4 is 79.8 Å². The number of aliphatic carboxylic acids is 1. The van der Waals surface area contributed by atoms with Crippen molar-refractivity contribution in [3.05, 3.63) is 123 Å². The number of methoxy groups -OCH3 is 2. The van der Waals surface area contributed by atoms with E-state index in [-0.39, 0.29) is 78.4 Å². The van der Waals surface area contributed by atoms with Gasteiger partial charge in [-0.15, -0.1) is 41.6 Å². The molecule has 4 aromatic heterocycles. The number of rotatable bonds is 23. The monoisotopic (exact) mass is 1400 g/mol. The van der Waals surface area contributed by atoms with Gasteiger partial charge >= 0.3 is 11.9 Å². The number of hydrogen-bond donors (Lipinski definition) is 3. The first-order chi connectivity index (χ1) is 47.9. The number of aliphatic hydroxyl groups excluding tert-OH is 1. The number of thiazole rings is 2. The Morgan fingerprint density at radius 3 is 2.12 bits per heavy atom. The van der Waals surface area contributed by atoms with Crippen LogP contribution in [0.2, 0.25) is 0 Å². The van der Waals surface area contributed by atoms with E-state index in [0.717, 1.165) is 111 Å². The molecular weight excluding hydrogens is 1310 g/mol. The Balaban J connectivity index is 0.000000191. The van der Waals surface area contributed by atoms with Crippen molar-refractivity contribution in [2.45, 2.75) is 175 Å². The number of aromatic nitrogens is 4. The van der Waals surface area contributed by atoms with E-state index >= 15 is 0 Å². The minimum absolute atomic E-state index is 0.00685. The Kier molecular flexibility index (Phi) is 25.6. The van der Waals surface area contributed by atoms with Gasteiger partial charge in [0.15, 0.2) is 5.43 Å². The summed E-state index contributed by atoms with van der Waals surface area (Å²) in [5.41, 5.74) is 8.29. The zero-order valence-corrected chi connectivity index (χ0v) is 61.6. The molecule has 0 saturated heterocycles. The molecule has 0 unspecified atom stereocenters. The molecule has 19 nitrogen and oxygen atoms in total. The summed E-state index contributed by atoms with van der Waals surface area (Å²) in [6, 6.07) is 11.1. The van der Waals surface area contributed by atoms with Crippen molar-refractivity contribution in [3.8, 4) is 38.7 Å². The number of carboxylic acid groups (broad SMARTS) is 1. The number of carbonyl (C=O) groups is 6. The Hall–Kier alpha value is -8.10. The zero-order valence-electron chi connectivity index (χ0n) is 60.0. The summed E-state index contributed by atoms with van der Waals surface area (Å²) in [5.74, 6) is -1.58. The summed E-state index contributed by atoms with van der Waals surface area (Å²) in [4.78, 5) is 113. The van der Waals surface area contributed by atoms with E-state index < -0.39 is 52.7 Å². The quantitative estimate of drug-likeness (QED) is 0.0233. The van der Waals surface area contributed by atoms with Crippen LogP contribution in [0, 0.1) is 46.3 Å². The number of nitrogens with one attached hydrogen (secondary N) is 1. The van der Waals surface area contributed by atoms with E-state index in [1.54, 1.807) is 79.9 Å². The van der Waals surface area contributed by atoms with Gasteiger partial charge in [0.2, 0.25) is 11.8 Å². The molecule has 6 aromatic rings. The van der Waals surface area contributed by atoms with E-state index in [4.69, 9.17) is 28.9 Å². The standard InChI is InChI=1S/C38H45N3O6S.C23H35NO5.C18H20N2O2S/c1-6-25-32(46-5)14-13-26-33(18-29(39-34(25)26)35-40-30(21-48-35)22(2)3)47-24-16-27-28(17-24)36(43)41(4)15-11-9-7-8-10-12-23-19-38(23,37(44)45)20-31(27)42;1-5-8-9-10-11-24(4)21(27)19-13-17(25)12-18(19)20(26)15-23(14-16(23)6-2)22(28)29-7-3;1-5-11-16(22-4)7-6-12-15(21)8-13(19-17(11)12)18-20-14(9-23-18)10(2)3/h8,12-14,18,21-24,27-28H,6-7,9,11,15-17,19-20H2,1-5H3,(H,44,45);5-6,16-19,25H,1-2,7-15H2,3-4H3;6-10H,5H2,1-4H3,(H,19,21)/t10?,23-,24-,27-,28-,38-;16-,17+,18-,19-,23-;/m11./s1. The highest BCUT2D eigenvalue weighted by Gasteiger charge is 2.63. The summed E-state index contributed by atoms with van der Waals surface area (Å²) < 4.78 is 23.1. The van der Waals surface area contributed by atoms with Crippen molar-refractivity contribution in [1.29, 1.82) is 0 Å². The molecular formula is C79H100N6O13S2. The van der Waals surface area contributed by atoms with Gasteiger partial charge in [-0.3, -0.25) is 33.6 Å². The van der Waals surface area contributed by atoms with Crippen molar-refractivity contribution in [3.63, 3.8) is 0 Å². The van der Waals surface area contributed by atoms with E-state index in [2.05, 4.69) is 81.2 Å². The highest BCUT2D eigenvalue weighted by atomic mass is 32.1. The Labute approximate surface area is 595 Å². The number of H-pyrrole nitrogens is 1. The second-order valence-electron chi connectivity index (χ2n) is 28.1. The lowest BCUT2D eigenvalue weighted by Crippen LogP contribution is -2.38. The van der Waals surface area contributed by atoms with Gasteiger partial charge in [-0.2, -0.15) is 0 Å². The molecule has 10 atom stereocenters. The van der Waals surface area contributed by atoms with Crippen molar-refractivity contribution < 1.29 is 57.9 Å². The fourth-order valence-electron chi connectivity index (χ4n) is 14.6. The van der Waals surface area contributed by atoms with Crippen LogP contribution in [0.3, 0.4) is 0 Å². The normalized spacial score (nSPS) is 24.0. The number of fused-ring (bicyclic) bond motifs is 4. The van der Waals surface area contributed by atoms with Crippen molar-refractivity contribution in [2.75, 3.05) is 48.0 Å². The zero-order chi connectivity index (χ0) is 72.3. The number of aliphatic hydroxyl groups is 1. The Morgan fingerprint density at radius 2 is 1.49 bits per heavy atom. The molecule has 536 valence electrons. The largest absolute Gasteiger partial charge is 0.496 e. The average molecular weight is 1410 g/mol. The number of ether oxygens (including phenoxy) is 4. The van der Waals surface area contributed by atoms with Crippen LogP contribution in [0.25, 0.3) is 43.2 Å². The van der Waals surface area contributed by atoms with Crippen LogP contribution in [0.15, 0.2) is 95.1 Å². The molecule has 5 aliphatic rings. The third kappa shape index (κ3) is 16.9. The van der Waals surface area contributed by atoms with E-state index in [9.17, 15) is 43.8 Å². The molecule has 0 spiro atoms. The van der Waals surface area contributed by atoms with Crippen LogP contribution in [0.1, 0.15) is 173 Å². The van der Waals surface area contributed by atoms with Gasteiger partial charge in [0, 0.05) is 103 Å². The maximum Gasteiger partial charge on any atom is 0.313 e. The number of Topliss-reactive ketones (excluding diaryl/α,β-unsaturated/α-hetero) is 2. The minimum atomic E-state index is -1.13. The number of hydrogen-bond acceptors (Lipinski definition) is 17. The summed E-state index contributed by atoms with van der Waals surface area (Å²) in [7, 11) is 6.84. The van der Waals surface area contributed by atoms with Crippen LogP contribution in [-0.2, 0) is 46.3 Å². The molecule has 2 aromatic carbocycles. The molecule has 4 fully saturated rings. The molecule has 3 N–H and O–H groups in total. The number of aryl methyl sites for hydroxylation is 2. The Morgan fingerprint density at radius 1 is 0.830 bits per heavy atom. The second kappa shape index (κ2) is 33.6. The van der Waals surface area contributed by atoms with Gasteiger partial charge in [0.25, 0.3) is 0 Å². The Bertz CT molecular complexity index is 4130. The highest BCUT2D eigenvalue weighted by molar-refractivity contribution is 7.13. The molecule has 4 aliphatic carbocycles. The molecule has 100 heavy (non-hydrogen) atoms. The lowest BCUT2D eigenvalue weighted by Gasteiger charge is -2.25. The fourth-order valence-corrected chi connectivity index (χ4v) is 16.5. The molecule has 1 aliphatic heterocycles. The molecule has 0 radical (unpaired) electrons. The first-order valence-corrected chi connectivity index (χ1v) is 37.3. The van der Waals surface area contributed by atoms with Crippen molar-refractivity contribution in [2.24, 2.45) is 46.3 Å². The van der Waals surface area contributed by atoms with Crippen LogP contribution in [0.5, 0.6) is 17.2 Å². The van der Waals surface area contributed by atoms with Gasteiger partial charge < -0.3 is 43.9 Å². The van der Waals surface area contributed by atoms with E-state index in [0.29, 0.717) is 74.4 Å².